The molecule has 2 heterocycles. The maximum absolute atomic E-state index is 13.3. The summed E-state index contributed by atoms with van der Waals surface area (Å²) >= 11 is 0. The van der Waals surface area contributed by atoms with Gasteiger partial charge in [-0.05, 0) is 53.2 Å². The lowest BCUT2D eigenvalue weighted by Gasteiger charge is -2.32. The smallest absolute Gasteiger partial charge is 0.253 e. The number of likely N-dealkylation sites (N-methyl/N-ethyl adjacent to an activating group) is 1. The molecule has 0 aliphatic carbocycles. The van der Waals surface area contributed by atoms with Gasteiger partial charge in [-0.2, -0.15) is 0 Å². The summed E-state index contributed by atoms with van der Waals surface area (Å²) in [5, 5.41) is 4.08. The second kappa shape index (κ2) is 8.25. The normalized spacial score (nSPS) is 14.7. The van der Waals surface area contributed by atoms with Crippen LogP contribution in [0.15, 0.2) is 72.8 Å². The number of hydrogen-bond donors (Lipinski definition) is 2. The molecule has 6 heteroatoms. The molecular formula is C29H26N4O2. The van der Waals surface area contributed by atoms with Crippen LogP contribution in [0.4, 0.5) is 0 Å². The maximum atomic E-state index is 13.3. The largest absolute Gasteiger partial charge is 0.366 e. The van der Waals surface area contributed by atoms with Crippen LogP contribution in [0.25, 0.3) is 43.7 Å². The Kier molecular flexibility index (Phi) is 5.04. The highest BCUT2D eigenvalue weighted by Gasteiger charge is 2.22. The van der Waals surface area contributed by atoms with Gasteiger partial charge in [0.05, 0.1) is 11.1 Å². The van der Waals surface area contributed by atoms with Gasteiger partial charge in [0.25, 0.3) is 11.8 Å². The molecule has 0 bridgehead atoms. The van der Waals surface area contributed by atoms with Crippen molar-refractivity contribution in [1.29, 1.82) is 0 Å². The Morgan fingerprint density at radius 2 is 1.60 bits per heavy atom. The molecule has 1 fully saturated rings. The highest BCUT2D eigenvalue weighted by atomic mass is 16.2. The van der Waals surface area contributed by atoms with E-state index in [2.05, 4.69) is 41.2 Å². The Morgan fingerprint density at radius 3 is 2.40 bits per heavy atom. The van der Waals surface area contributed by atoms with Gasteiger partial charge in [0, 0.05) is 48.0 Å². The molecule has 6 rings (SSSR count). The molecule has 0 unspecified atom stereocenters. The number of fused-ring (bicyclic) bond motifs is 4. The zero-order valence-corrected chi connectivity index (χ0v) is 19.5. The number of rotatable bonds is 3. The number of hydrogen-bond acceptors (Lipinski definition) is 3. The summed E-state index contributed by atoms with van der Waals surface area (Å²) in [5.41, 5.74) is 10.5. The standard InChI is InChI=1S/C29H26N4O2/c1-32-13-15-33(16-14-32)29(35)19-9-12-25-24(17-19)26-22(10-11-23(28(30)34)27(26)31-25)21-8-4-6-18-5-2-3-7-20(18)21/h2-12,17,31H,13-16H2,1H3,(H2,30,34). The maximum Gasteiger partial charge on any atom is 0.253 e. The van der Waals surface area contributed by atoms with E-state index < -0.39 is 5.91 Å². The van der Waals surface area contributed by atoms with Crippen LogP contribution in [-0.2, 0) is 0 Å². The number of carbonyl (C=O) groups is 2. The first kappa shape index (κ1) is 21.4. The second-order valence-corrected chi connectivity index (χ2v) is 9.28. The van der Waals surface area contributed by atoms with Gasteiger partial charge < -0.3 is 20.5 Å². The first-order valence-electron chi connectivity index (χ1n) is 11.9. The van der Waals surface area contributed by atoms with Crippen molar-refractivity contribution in [3.05, 3.63) is 83.9 Å². The summed E-state index contributed by atoms with van der Waals surface area (Å²) in [5.74, 6) is -0.452. The monoisotopic (exact) mass is 462 g/mol. The lowest BCUT2D eigenvalue weighted by atomic mass is 9.93. The van der Waals surface area contributed by atoms with E-state index in [1.54, 1.807) is 6.07 Å². The van der Waals surface area contributed by atoms with Gasteiger partial charge in [0.2, 0.25) is 0 Å². The van der Waals surface area contributed by atoms with E-state index in [1.807, 2.05) is 47.4 Å². The molecule has 1 aliphatic heterocycles. The topological polar surface area (TPSA) is 82.4 Å². The number of carbonyl (C=O) groups excluding carboxylic acids is 2. The highest BCUT2D eigenvalue weighted by molar-refractivity contribution is 6.22. The van der Waals surface area contributed by atoms with Gasteiger partial charge >= 0.3 is 0 Å². The number of primary amides is 1. The first-order valence-corrected chi connectivity index (χ1v) is 11.9. The van der Waals surface area contributed by atoms with Crippen molar-refractivity contribution >= 4 is 44.4 Å². The highest BCUT2D eigenvalue weighted by Crippen LogP contribution is 2.39. The quantitative estimate of drug-likeness (QED) is 0.410. The van der Waals surface area contributed by atoms with Crippen LogP contribution in [-0.4, -0.2) is 59.8 Å². The average Bonchev–Trinajstić information content (AvgIpc) is 3.26. The number of nitrogens with zero attached hydrogens (tertiary/aromatic N) is 2. The number of nitrogens with one attached hydrogen (secondary N) is 1. The minimum atomic E-state index is -0.486. The molecule has 6 nitrogen and oxygen atoms in total. The fourth-order valence-electron chi connectivity index (χ4n) is 5.22. The van der Waals surface area contributed by atoms with E-state index in [0.29, 0.717) is 29.7 Å². The van der Waals surface area contributed by atoms with Crippen molar-refractivity contribution in [2.75, 3.05) is 33.2 Å². The van der Waals surface area contributed by atoms with Crippen LogP contribution in [0.2, 0.25) is 0 Å². The van der Waals surface area contributed by atoms with Crippen molar-refractivity contribution in [3.63, 3.8) is 0 Å². The summed E-state index contributed by atoms with van der Waals surface area (Å²) in [4.78, 5) is 33.2. The van der Waals surface area contributed by atoms with Gasteiger partial charge in [-0.25, -0.2) is 0 Å². The Bertz CT molecular complexity index is 1620. The minimum absolute atomic E-state index is 0.0344. The molecule has 0 saturated carbocycles. The number of nitrogens with two attached hydrogens (primary N) is 1. The zero-order valence-electron chi connectivity index (χ0n) is 19.5. The number of H-pyrrole nitrogens is 1. The SMILES string of the molecule is CN1CCN(C(=O)c2ccc3[nH]c4c(C(N)=O)ccc(-c5cccc6ccccc56)c4c3c2)CC1. The number of aromatic nitrogens is 1. The average molecular weight is 463 g/mol. The van der Waals surface area contributed by atoms with Crippen LogP contribution < -0.4 is 5.73 Å². The Balaban J connectivity index is 1.59. The van der Waals surface area contributed by atoms with Crippen molar-refractivity contribution in [2.45, 2.75) is 0 Å². The molecule has 4 aromatic carbocycles. The molecule has 1 aromatic heterocycles. The molecule has 1 aliphatic rings. The van der Waals surface area contributed by atoms with Gasteiger partial charge in [0.15, 0.2) is 0 Å². The third-order valence-corrected chi connectivity index (χ3v) is 7.14. The Labute approximate surface area is 202 Å². The molecule has 0 radical (unpaired) electrons. The van der Waals surface area contributed by atoms with Crippen molar-refractivity contribution in [3.8, 4) is 11.1 Å². The van der Waals surface area contributed by atoms with Crippen LogP contribution in [0.1, 0.15) is 20.7 Å². The summed E-state index contributed by atoms with van der Waals surface area (Å²) in [6, 6.07) is 24.0. The predicted molar refractivity (Wildman–Crippen MR) is 141 cm³/mol. The molecule has 5 aromatic rings. The zero-order chi connectivity index (χ0) is 24.1. The Morgan fingerprint density at radius 1 is 0.829 bits per heavy atom. The molecule has 35 heavy (non-hydrogen) atoms. The summed E-state index contributed by atoms with van der Waals surface area (Å²) < 4.78 is 0. The van der Waals surface area contributed by atoms with Crippen molar-refractivity contribution in [2.24, 2.45) is 5.73 Å². The molecular weight excluding hydrogens is 436 g/mol. The number of aromatic amines is 1. The minimum Gasteiger partial charge on any atom is -0.366 e. The third-order valence-electron chi connectivity index (χ3n) is 7.14. The fraction of sp³-hybridized carbons (Fsp3) is 0.172. The molecule has 0 atom stereocenters. The van der Waals surface area contributed by atoms with Crippen LogP contribution in [0.3, 0.4) is 0 Å². The van der Waals surface area contributed by atoms with E-state index in [0.717, 1.165) is 51.3 Å². The number of benzene rings is 4. The van der Waals surface area contributed by atoms with Crippen molar-refractivity contribution < 1.29 is 9.59 Å². The fourth-order valence-corrected chi connectivity index (χ4v) is 5.22. The summed E-state index contributed by atoms with van der Waals surface area (Å²) in [6.45, 7) is 3.17. The summed E-state index contributed by atoms with van der Waals surface area (Å²) in [6.07, 6.45) is 0. The van der Waals surface area contributed by atoms with Gasteiger partial charge in [0.1, 0.15) is 0 Å². The third kappa shape index (κ3) is 3.54. The van der Waals surface area contributed by atoms with E-state index >= 15 is 0 Å². The molecule has 174 valence electrons. The molecule has 1 saturated heterocycles. The molecule has 3 N–H and O–H groups in total. The summed E-state index contributed by atoms with van der Waals surface area (Å²) in [7, 11) is 2.07. The van der Waals surface area contributed by atoms with Gasteiger partial charge in [-0.1, -0.05) is 48.5 Å². The Hall–Kier alpha value is -4.16. The lowest BCUT2D eigenvalue weighted by molar-refractivity contribution is 0.0664. The van der Waals surface area contributed by atoms with E-state index in [9.17, 15) is 9.59 Å². The van der Waals surface area contributed by atoms with Crippen LogP contribution in [0.5, 0.6) is 0 Å². The molecule has 0 spiro atoms. The van der Waals surface area contributed by atoms with E-state index in [-0.39, 0.29) is 5.91 Å². The molecule has 2 amide bonds. The van der Waals surface area contributed by atoms with E-state index in [4.69, 9.17) is 5.73 Å². The predicted octanol–water partition coefficient (Wildman–Crippen LogP) is 4.63. The van der Waals surface area contributed by atoms with Gasteiger partial charge in [-0.15, -0.1) is 0 Å². The second-order valence-electron chi connectivity index (χ2n) is 9.28. The van der Waals surface area contributed by atoms with Crippen LogP contribution >= 0.6 is 0 Å². The lowest BCUT2D eigenvalue weighted by Crippen LogP contribution is -2.47. The number of piperazine rings is 1. The number of amides is 2. The van der Waals surface area contributed by atoms with Gasteiger partial charge in [-0.3, -0.25) is 9.59 Å². The van der Waals surface area contributed by atoms with Crippen molar-refractivity contribution in [1.82, 2.24) is 14.8 Å². The van der Waals surface area contributed by atoms with E-state index in [1.165, 1.54) is 0 Å². The van der Waals surface area contributed by atoms with Crippen LogP contribution in [0, 0.1) is 0 Å². The first-order chi connectivity index (χ1) is 17.0.